The molecule has 11 heteroatoms. The summed E-state index contributed by atoms with van der Waals surface area (Å²) in [5, 5.41) is 10.9. The number of amides is 2. The van der Waals surface area contributed by atoms with E-state index in [9.17, 15) is 9.59 Å². The van der Waals surface area contributed by atoms with Crippen molar-refractivity contribution >= 4 is 23.2 Å². The van der Waals surface area contributed by atoms with E-state index in [1.165, 1.54) is 10.7 Å². The van der Waals surface area contributed by atoms with Crippen molar-refractivity contribution in [3.8, 4) is 22.5 Å². The number of hydrazine groups is 1. The van der Waals surface area contributed by atoms with E-state index in [0.29, 0.717) is 60.5 Å². The lowest BCUT2D eigenvalue weighted by Crippen LogP contribution is -2.54. The molecular formula is C30H35N7O4. The number of rotatable bonds is 5. The van der Waals surface area contributed by atoms with Gasteiger partial charge in [-0.2, -0.15) is 5.10 Å². The first-order valence-corrected chi connectivity index (χ1v) is 14.5. The van der Waals surface area contributed by atoms with E-state index >= 15 is 0 Å². The van der Waals surface area contributed by atoms with Crippen LogP contribution in [-0.2, 0) is 9.47 Å². The van der Waals surface area contributed by atoms with Crippen LogP contribution in [0.15, 0.2) is 42.5 Å². The van der Waals surface area contributed by atoms with Gasteiger partial charge in [-0.3, -0.25) is 14.8 Å². The molecule has 7 rings (SSSR count). The molecule has 1 aromatic heterocycles. The number of aromatic nitrogens is 2. The molecular weight excluding hydrogens is 522 g/mol. The molecule has 0 bridgehead atoms. The van der Waals surface area contributed by atoms with Gasteiger partial charge in [0.25, 0.3) is 0 Å². The molecule has 3 fully saturated rings. The monoisotopic (exact) mass is 557 g/mol. The Bertz CT molecular complexity index is 1440. The summed E-state index contributed by atoms with van der Waals surface area (Å²) < 4.78 is 11.0. The summed E-state index contributed by atoms with van der Waals surface area (Å²) in [6.07, 6.45) is 2.30. The van der Waals surface area contributed by atoms with E-state index in [-0.39, 0.29) is 5.78 Å². The van der Waals surface area contributed by atoms with Crippen LogP contribution in [0.4, 0.5) is 16.2 Å². The van der Waals surface area contributed by atoms with Crippen molar-refractivity contribution in [2.24, 2.45) is 5.73 Å². The second-order valence-corrected chi connectivity index (χ2v) is 11.0. The van der Waals surface area contributed by atoms with Crippen LogP contribution in [0.5, 0.6) is 0 Å². The Kier molecular flexibility index (Phi) is 6.95. The minimum absolute atomic E-state index is 0.164. The highest BCUT2D eigenvalue weighted by Crippen LogP contribution is 2.44. The third-order valence-corrected chi connectivity index (χ3v) is 8.77. The number of ketones is 1. The zero-order chi connectivity index (χ0) is 27.9. The van der Waals surface area contributed by atoms with Gasteiger partial charge in [-0.05, 0) is 31.0 Å². The lowest BCUT2D eigenvalue weighted by Gasteiger charge is -2.40. The average Bonchev–Trinajstić information content (AvgIpc) is 3.58. The van der Waals surface area contributed by atoms with Gasteiger partial charge in [-0.1, -0.05) is 24.3 Å². The van der Waals surface area contributed by atoms with Crippen molar-refractivity contribution in [2.75, 3.05) is 75.6 Å². The maximum atomic E-state index is 13.9. The summed E-state index contributed by atoms with van der Waals surface area (Å²) in [7, 11) is 0. The lowest BCUT2D eigenvalue weighted by atomic mass is 10.0. The van der Waals surface area contributed by atoms with Crippen LogP contribution in [0.25, 0.3) is 22.5 Å². The van der Waals surface area contributed by atoms with Crippen LogP contribution < -0.4 is 15.6 Å². The topological polar surface area (TPSA) is 120 Å². The molecule has 3 aliphatic heterocycles. The van der Waals surface area contributed by atoms with Crippen molar-refractivity contribution < 1.29 is 19.1 Å². The maximum absolute atomic E-state index is 13.9. The minimum Gasteiger partial charge on any atom is -0.379 e. The van der Waals surface area contributed by atoms with E-state index in [1.807, 2.05) is 29.3 Å². The fourth-order valence-corrected chi connectivity index (χ4v) is 6.68. The number of primary amides is 1. The van der Waals surface area contributed by atoms with Gasteiger partial charge in [0, 0.05) is 62.1 Å². The van der Waals surface area contributed by atoms with Gasteiger partial charge in [0.1, 0.15) is 5.69 Å². The highest BCUT2D eigenvalue weighted by molar-refractivity contribution is 6.27. The molecule has 0 atom stereocenters. The largest absolute Gasteiger partial charge is 0.379 e. The number of nitrogens with two attached hydrogens (primary N) is 1. The van der Waals surface area contributed by atoms with Crippen molar-refractivity contribution in [2.45, 2.75) is 18.9 Å². The van der Waals surface area contributed by atoms with Crippen LogP contribution >= 0.6 is 0 Å². The van der Waals surface area contributed by atoms with Crippen LogP contribution in [0, 0.1) is 0 Å². The van der Waals surface area contributed by atoms with Gasteiger partial charge in [-0.25, -0.2) is 14.8 Å². The second kappa shape index (κ2) is 10.9. The molecule has 3 aromatic rings. The van der Waals surface area contributed by atoms with Gasteiger partial charge in [0.2, 0.25) is 0 Å². The van der Waals surface area contributed by atoms with Crippen molar-refractivity contribution in [1.29, 1.82) is 0 Å². The third-order valence-electron chi connectivity index (χ3n) is 8.77. The van der Waals surface area contributed by atoms with E-state index in [1.54, 1.807) is 6.07 Å². The number of piperidine rings is 1. The first-order chi connectivity index (χ1) is 20.1. The number of carbonyl (C=O) groups is 2. The number of nitrogens with zero attached hydrogens (tertiary/aromatic N) is 5. The molecule has 214 valence electrons. The number of morpholine rings is 2. The number of hydrogen-bond acceptors (Lipinski definition) is 8. The average molecular weight is 558 g/mol. The number of nitrogens with one attached hydrogen (secondary N) is 1. The van der Waals surface area contributed by atoms with Crippen LogP contribution in [-0.4, -0.2) is 104 Å². The van der Waals surface area contributed by atoms with Gasteiger partial charge < -0.3 is 20.1 Å². The molecule has 2 aromatic carbocycles. The standard InChI is InChI=1S/C30H35N7O4/c31-30(39)37(36-14-18-41-19-15-36)24-3-1-2-23-25(24)29(38)26-27(32-33-28(23)26)20-4-6-21(7-5-20)34-10-8-22(9-11-34)35-12-16-40-17-13-35/h1-7,22H,8-19H2,(H2,31,39)(H,32,33). The van der Waals surface area contributed by atoms with Crippen molar-refractivity contribution in [3.63, 3.8) is 0 Å². The van der Waals surface area contributed by atoms with E-state index in [2.05, 4.69) is 32.1 Å². The molecule has 3 saturated heterocycles. The molecule has 0 unspecified atom stereocenters. The highest BCUT2D eigenvalue weighted by atomic mass is 16.5. The number of benzene rings is 2. The fraction of sp³-hybridized carbons (Fsp3) is 0.433. The van der Waals surface area contributed by atoms with E-state index in [4.69, 9.17) is 15.2 Å². The molecule has 11 nitrogen and oxygen atoms in total. The van der Waals surface area contributed by atoms with E-state index in [0.717, 1.165) is 63.4 Å². The SMILES string of the molecule is NC(=O)N(c1cccc2c1C(=O)c1c(-c3ccc(N4CCC(N5CCOCC5)CC4)cc3)n[nH]c1-2)N1CCOCC1. The number of urea groups is 1. The lowest BCUT2D eigenvalue weighted by molar-refractivity contribution is 0.0115. The van der Waals surface area contributed by atoms with Crippen LogP contribution in [0.1, 0.15) is 28.8 Å². The summed E-state index contributed by atoms with van der Waals surface area (Å²) in [6.45, 7) is 7.78. The minimum atomic E-state index is -0.633. The van der Waals surface area contributed by atoms with Gasteiger partial charge in [0.15, 0.2) is 5.78 Å². The second-order valence-electron chi connectivity index (χ2n) is 11.0. The number of aromatic amines is 1. The highest BCUT2D eigenvalue weighted by Gasteiger charge is 2.38. The molecule has 0 radical (unpaired) electrons. The molecule has 41 heavy (non-hydrogen) atoms. The number of fused-ring (bicyclic) bond motifs is 3. The summed E-state index contributed by atoms with van der Waals surface area (Å²) in [4.78, 5) is 31.5. The molecule has 0 saturated carbocycles. The third kappa shape index (κ3) is 4.68. The van der Waals surface area contributed by atoms with Gasteiger partial charge >= 0.3 is 6.03 Å². The molecule has 4 heterocycles. The predicted molar refractivity (Wildman–Crippen MR) is 155 cm³/mol. The van der Waals surface area contributed by atoms with Crippen LogP contribution in [0.3, 0.4) is 0 Å². The number of carbonyl (C=O) groups excluding carboxylic acids is 2. The number of hydrogen-bond donors (Lipinski definition) is 2. The Labute approximate surface area is 238 Å². The first-order valence-electron chi connectivity index (χ1n) is 14.5. The maximum Gasteiger partial charge on any atom is 0.334 e. The quantitative estimate of drug-likeness (QED) is 0.384. The first kappa shape index (κ1) is 26.1. The Morgan fingerprint density at radius 3 is 2.27 bits per heavy atom. The number of H-pyrrole nitrogens is 1. The Morgan fingerprint density at radius 2 is 1.59 bits per heavy atom. The Morgan fingerprint density at radius 1 is 0.902 bits per heavy atom. The summed E-state index contributed by atoms with van der Waals surface area (Å²) in [5.41, 5.74) is 11.3. The van der Waals surface area contributed by atoms with Crippen LogP contribution in [0.2, 0.25) is 0 Å². The fourth-order valence-electron chi connectivity index (χ4n) is 6.68. The number of anilines is 2. The smallest absolute Gasteiger partial charge is 0.334 e. The number of ether oxygens (including phenoxy) is 2. The van der Waals surface area contributed by atoms with Crippen molar-refractivity contribution in [3.05, 3.63) is 53.6 Å². The summed E-state index contributed by atoms with van der Waals surface area (Å²) in [5.74, 6) is -0.164. The zero-order valence-corrected chi connectivity index (χ0v) is 23.1. The molecule has 3 N–H and O–H groups in total. The Balaban J connectivity index is 1.11. The molecule has 4 aliphatic rings. The van der Waals surface area contributed by atoms with Gasteiger partial charge in [-0.15, -0.1) is 0 Å². The normalized spacial score (nSPS) is 20.2. The van der Waals surface area contributed by atoms with Gasteiger partial charge in [0.05, 0.1) is 48.9 Å². The van der Waals surface area contributed by atoms with Crippen molar-refractivity contribution in [1.82, 2.24) is 20.1 Å². The predicted octanol–water partition coefficient (Wildman–Crippen LogP) is 2.72. The molecule has 0 spiro atoms. The molecule has 1 aliphatic carbocycles. The zero-order valence-electron chi connectivity index (χ0n) is 23.1. The Hall–Kier alpha value is -3.77. The summed E-state index contributed by atoms with van der Waals surface area (Å²) >= 11 is 0. The van der Waals surface area contributed by atoms with E-state index < -0.39 is 6.03 Å². The summed E-state index contributed by atoms with van der Waals surface area (Å²) in [6, 6.07) is 13.8. The molecule has 2 amide bonds.